The van der Waals surface area contributed by atoms with E-state index in [0.29, 0.717) is 0 Å². The van der Waals surface area contributed by atoms with Crippen LogP contribution in [-0.2, 0) is 0 Å². The molecule has 0 aromatic rings. The first-order valence-electron chi connectivity index (χ1n) is 2.28. The van der Waals surface area contributed by atoms with Crippen molar-refractivity contribution in [3.8, 4) is 0 Å². The topological polar surface area (TPSA) is 20.2 Å². The molecule has 0 saturated heterocycles. The zero-order valence-corrected chi connectivity index (χ0v) is 5.65. The SMILES string of the molecule is BC[PH](C)(C)O. The van der Waals surface area contributed by atoms with Gasteiger partial charge in [-0.2, -0.15) is 0 Å². The summed E-state index contributed by atoms with van der Waals surface area (Å²) < 4.78 is 0. The van der Waals surface area contributed by atoms with Crippen molar-refractivity contribution in [2.45, 2.75) is 0 Å². The monoisotopic (exact) mass is 106 g/mol. The van der Waals surface area contributed by atoms with E-state index >= 15 is 0 Å². The van der Waals surface area contributed by atoms with Gasteiger partial charge in [0.1, 0.15) is 0 Å². The van der Waals surface area contributed by atoms with E-state index in [1.54, 1.807) is 0 Å². The fourth-order valence-corrected chi connectivity index (χ4v) is 0. The Labute approximate surface area is 40.6 Å². The van der Waals surface area contributed by atoms with Gasteiger partial charge in [0.2, 0.25) is 0 Å². The fourth-order valence-electron chi connectivity index (χ4n) is 0. The Bertz CT molecular complexity index is 40.5. The van der Waals surface area contributed by atoms with Gasteiger partial charge in [-0.15, -0.1) is 0 Å². The van der Waals surface area contributed by atoms with Crippen LogP contribution in [0.15, 0.2) is 0 Å². The average Bonchev–Trinajstić information content (AvgIpc) is 1.35. The Morgan fingerprint density at radius 1 is 1.67 bits per heavy atom. The molecule has 38 valence electrons. The molecule has 0 bridgehead atoms. The van der Waals surface area contributed by atoms with Crippen LogP contribution in [0.5, 0.6) is 0 Å². The third-order valence-electron chi connectivity index (χ3n) is 0.865. The number of hydrogen-bond acceptors (Lipinski definition) is 1. The molecule has 0 radical (unpaired) electrons. The molecule has 1 nitrogen and oxygen atoms in total. The molecule has 0 heterocycles. The molecule has 0 aliphatic heterocycles. The van der Waals surface area contributed by atoms with Crippen molar-refractivity contribution in [1.29, 1.82) is 0 Å². The Morgan fingerprint density at radius 2 is 1.83 bits per heavy atom. The summed E-state index contributed by atoms with van der Waals surface area (Å²) in [4.78, 5) is 8.97. The van der Waals surface area contributed by atoms with E-state index in [0.717, 1.165) is 6.06 Å². The van der Waals surface area contributed by atoms with Crippen molar-refractivity contribution < 1.29 is 4.89 Å². The molecule has 0 amide bonds. The van der Waals surface area contributed by atoms with Crippen molar-refractivity contribution in [3.63, 3.8) is 0 Å². The van der Waals surface area contributed by atoms with Crippen molar-refractivity contribution in [1.82, 2.24) is 0 Å². The van der Waals surface area contributed by atoms with E-state index in [1.807, 2.05) is 21.2 Å². The van der Waals surface area contributed by atoms with Gasteiger partial charge >= 0.3 is 39.6 Å². The first-order valence-corrected chi connectivity index (χ1v) is 5.44. The zero-order valence-electron chi connectivity index (χ0n) is 4.65. The molecule has 0 atom stereocenters. The van der Waals surface area contributed by atoms with Crippen molar-refractivity contribution >= 4 is 15.3 Å². The second-order valence-electron chi connectivity index (χ2n) is 2.17. The molecule has 0 aliphatic carbocycles. The maximum absolute atomic E-state index is 8.97. The first-order chi connectivity index (χ1) is 2.56. The molecule has 0 aliphatic rings. The minimum absolute atomic E-state index is 0.965. The van der Waals surface area contributed by atoms with Gasteiger partial charge in [0.25, 0.3) is 0 Å². The van der Waals surface area contributed by atoms with E-state index in [-0.39, 0.29) is 0 Å². The summed E-state index contributed by atoms with van der Waals surface area (Å²) in [6.45, 7) is 3.88. The fraction of sp³-hybridized carbons (Fsp3) is 1.00. The number of hydrogen-bond donors (Lipinski definition) is 1. The van der Waals surface area contributed by atoms with Gasteiger partial charge in [-0.1, -0.05) is 0 Å². The van der Waals surface area contributed by atoms with Crippen molar-refractivity contribution in [2.24, 2.45) is 0 Å². The van der Waals surface area contributed by atoms with Crippen molar-refractivity contribution in [2.75, 3.05) is 19.4 Å². The van der Waals surface area contributed by atoms with Crippen LogP contribution in [0, 0.1) is 0 Å². The molecule has 1 N–H and O–H groups in total. The maximum atomic E-state index is 8.97. The van der Waals surface area contributed by atoms with Crippen LogP contribution >= 0.6 is 7.49 Å². The first kappa shape index (κ1) is 6.45. The molecule has 0 fully saturated rings. The Hall–Kier alpha value is 0.455. The summed E-state index contributed by atoms with van der Waals surface area (Å²) in [5.41, 5.74) is 0. The Balaban J connectivity index is 3.17. The molecule has 0 spiro atoms. The van der Waals surface area contributed by atoms with Crippen molar-refractivity contribution in [3.05, 3.63) is 0 Å². The van der Waals surface area contributed by atoms with Gasteiger partial charge in [-0.05, 0) is 0 Å². The molecule has 0 aromatic carbocycles. The summed E-state index contributed by atoms with van der Waals surface area (Å²) in [5, 5.41) is 0. The predicted octanol–water partition coefficient (Wildman–Crippen LogP) is -0.506. The molecular formula is C3H12BOP. The van der Waals surface area contributed by atoms with Gasteiger partial charge in [0.15, 0.2) is 0 Å². The van der Waals surface area contributed by atoms with Crippen LogP contribution in [0.3, 0.4) is 0 Å². The Morgan fingerprint density at radius 3 is 1.83 bits per heavy atom. The Kier molecular flexibility index (Phi) is 2.10. The molecule has 0 saturated carbocycles. The van der Waals surface area contributed by atoms with E-state index in [2.05, 4.69) is 0 Å². The molecule has 0 unspecified atom stereocenters. The van der Waals surface area contributed by atoms with Crippen LogP contribution in [0.1, 0.15) is 0 Å². The van der Waals surface area contributed by atoms with Gasteiger partial charge in [-0.3, -0.25) is 0 Å². The molecule has 3 heteroatoms. The predicted molar refractivity (Wildman–Crippen MR) is 35.8 cm³/mol. The summed E-state index contributed by atoms with van der Waals surface area (Å²) in [5.74, 6) is 0. The standard InChI is InChI=1S/C3H12BOP/c1-6(2,5)3-4/h5-6H,3-4H2,1-2H3. The summed E-state index contributed by atoms with van der Waals surface area (Å²) in [7, 11) is 0.389. The second kappa shape index (κ2) is 1.95. The van der Waals surface area contributed by atoms with Gasteiger partial charge in [0, 0.05) is 0 Å². The molecule has 6 heavy (non-hydrogen) atoms. The summed E-state index contributed by atoms with van der Waals surface area (Å²) in [6.07, 6.45) is 0. The van der Waals surface area contributed by atoms with Gasteiger partial charge < -0.3 is 0 Å². The third kappa shape index (κ3) is 4.45. The van der Waals surface area contributed by atoms with Crippen LogP contribution in [0.4, 0.5) is 0 Å². The van der Waals surface area contributed by atoms with Crippen LogP contribution in [-0.4, -0.2) is 32.1 Å². The van der Waals surface area contributed by atoms with E-state index in [4.69, 9.17) is 4.89 Å². The van der Waals surface area contributed by atoms with E-state index < -0.39 is 7.49 Å². The summed E-state index contributed by atoms with van der Waals surface area (Å²) in [6, 6.07) is 0.965. The normalized spacial score (nSPS) is 14.5. The second-order valence-corrected chi connectivity index (χ2v) is 6.50. The van der Waals surface area contributed by atoms with Crippen LogP contribution < -0.4 is 0 Å². The van der Waals surface area contributed by atoms with Gasteiger partial charge in [-0.25, -0.2) is 0 Å². The van der Waals surface area contributed by atoms with Crippen LogP contribution in [0.2, 0.25) is 0 Å². The summed E-state index contributed by atoms with van der Waals surface area (Å²) >= 11 is 0. The van der Waals surface area contributed by atoms with Gasteiger partial charge in [0.05, 0.1) is 0 Å². The number of rotatable bonds is 1. The van der Waals surface area contributed by atoms with Crippen LogP contribution in [0.25, 0.3) is 0 Å². The third-order valence-corrected chi connectivity index (χ3v) is 2.60. The average molecular weight is 106 g/mol. The van der Waals surface area contributed by atoms with E-state index in [1.165, 1.54) is 0 Å². The molecule has 0 rings (SSSR count). The zero-order chi connectivity index (χ0) is 5.21. The quantitative estimate of drug-likeness (QED) is 0.352. The van der Waals surface area contributed by atoms with E-state index in [9.17, 15) is 0 Å². The molecular weight excluding hydrogens is 93.8 g/mol. The molecule has 0 aromatic heterocycles. The minimum atomic E-state index is -1.63.